The van der Waals surface area contributed by atoms with E-state index in [4.69, 9.17) is 22.1 Å². The van der Waals surface area contributed by atoms with E-state index in [0.29, 0.717) is 28.8 Å². The number of hydrogen-bond acceptors (Lipinski definition) is 3. The summed E-state index contributed by atoms with van der Waals surface area (Å²) in [7, 11) is -1.05. The number of rotatable bonds is 2. The second-order valence-corrected chi connectivity index (χ2v) is 5.93. The average molecular weight is 260 g/mol. The summed E-state index contributed by atoms with van der Waals surface area (Å²) in [5.74, 6) is 0. The minimum atomic E-state index is -1.05. The van der Waals surface area contributed by atoms with Crippen molar-refractivity contribution < 1.29 is 8.95 Å². The first kappa shape index (κ1) is 11.9. The van der Waals surface area contributed by atoms with E-state index in [-0.39, 0.29) is 5.25 Å². The molecule has 1 heterocycles. The van der Waals surface area contributed by atoms with Crippen molar-refractivity contribution in [1.29, 1.82) is 0 Å². The van der Waals surface area contributed by atoms with Gasteiger partial charge in [-0.2, -0.15) is 0 Å². The largest absolute Gasteiger partial charge is 0.398 e. The Hall–Kier alpha value is -0.580. The summed E-state index contributed by atoms with van der Waals surface area (Å²) in [6.07, 6.45) is 1.66. The van der Waals surface area contributed by atoms with Crippen LogP contribution in [0.25, 0.3) is 0 Å². The third-order valence-corrected chi connectivity index (χ3v) is 4.78. The van der Waals surface area contributed by atoms with Gasteiger partial charge in [-0.15, -0.1) is 0 Å². The molecule has 1 fully saturated rings. The summed E-state index contributed by atoms with van der Waals surface area (Å²) < 4.78 is 17.5. The van der Waals surface area contributed by atoms with E-state index >= 15 is 0 Å². The van der Waals surface area contributed by atoms with E-state index in [0.717, 1.165) is 12.8 Å². The van der Waals surface area contributed by atoms with Crippen molar-refractivity contribution in [2.75, 3.05) is 18.9 Å². The first-order valence-electron chi connectivity index (χ1n) is 5.22. The van der Waals surface area contributed by atoms with Crippen LogP contribution in [-0.4, -0.2) is 22.7 Å². The smallest absolute Gasteiger partial charge is 0.0621 e. The summed E-state index contributed by atoms with van der Waals surface area (Å²) in [5.41, 5.74) is 6.33. The normalized spacial score (nSPS) is 19.6. The van der Waals surface area contributed by atoms with Gasteiger partial charge in [0.2, 0.25) is 0 Å². The highest BCUT2D eigenvalue weighted by molar-refractivity contribution is 7.85. The van der Waals surface area contributed by atoms with Crippen LogP contribution in [0, 0.1) is 0 Å². The van der Waals surface area contributed by atoms with Crippen LogP contribution in [0.3, 0.4) is 0 Å². The van der Waals surface area contributed by atoms with Gasteiger partial charge in [-0.1, -0.05) is 11.6 Å². The molecule has 0 bridgehead atoms. The fraction of sp³-hybridized carbons (Fsp3) is 0.455. The van der Waals surface area contributed by atoms with E-state index in [1.807, 2.05) is 0 Å². The molecule has 2 rings (SSSR count). The molecule has 0 saturated carbocycles. The van der Waals surface area contributed by atoms with Crippen molar-refractivity contribution in [2.45, 2.75) is 23.0 Å². The summed E-state index contributed by atoms with van der Waals surface area (Å²) in [6.45, 7) is 1.37. The van der Waals surface area contributed by atoms with Crippen molar-refractivity contribution in [1.82, 2.24) is 0 Å². The molecule has 0 spiro atoms. The van der Waals surface area contributed by atoms with Crippen LogP contribution in [0.5, 0.6) is 0 Å². The predicted octanol–water partition coefficient (Wildman–Crippen LogP) is 2.21. The molecule has 0 aromatic heterocycles. The number of ether oxygens (including phenoxy) is 1. The van der Waals surface area contributed by atoms with E-state index in [1.165, 1.54) is 0 Å². The molecule has 1 aliphatic rings. The Morgan fingerprint density at radius 3 is 2.69 bits per heavy atom. The number of anilines is 1. The maximum atomic E-state index is 12.3. The van der Waals surface area contributed by atoms with E-state index in [1.54, 1.807) is 18.2 Å². The quantitative estimate of drug-likeness (QED) is 0.829. The SMILES string of the molecule is Nc1cc(Cl)ccc1S(=O)C1CCOCC1. The van der Waals surface area contributed by atoms with Gasteiger partial charge in [0.25, 0.3) is 0 Å². The van der Waals surface area contributed by atoms with Crippen LogP contribution in [0.2, 0.25) is 5.02 Å². The fourth-order valence-corrected chi connectivity index (χ4v) is 3.43. The van der Waals surface area contributed by atoms with Gasteiger partial charge in [-0.3, -0.25) is 4.21 Å². The minimum absolute atomic E-state index is 0.150. The van der Waals surface area contributed by atoms with Crippen LogP contribution in [0.1, 0.15) is 12.8 Å². The number of nitrogens with two attached hydrogens (primary N) is 1. The number of halogens is 1. The highest BCUT2D eigenvalue weighted by atomic mass is 35.5. The Bertz CT molecular complexity index is 405. The monoisotopic (exact) mass is 259 g/mol. The summed E-state index contributed by atoms with van der Waals surface area (Å²) >= 11 is 5.81. The minimum Gasteiger partial charge on any atom is -0.398 e. The molecule has 1 atom stereocenters. The van der Waals surface area contributed by atoms with E-state index in [9.17, 15) is 4.21 Å². The molecule has 3 nitrogen and oxygen atoms in total. The average Bonchev–Trinajstić information content (AvgIpc) is 2.29. The Labute approximate surface area is 102 Å². The Morgan fingerprint density at radius 1 is 1.38 bits per heavy atom. The molecule has 1 unspecified atom stereocenters. The molecule has 16 heavy (non-hydrogen) atoms. The zero-order valence-corrected chi connectivity index (χ0v) is 10.4. The standard InChI is InChI=1S/C11H14ClNO2S/c12-8-1-2-11(10(13)7-8)16(14)9-3-5-15-6-4-9/h1-2,7,9H,3-6,13H2. The summed E-state index contributed by atoms with van der Waals surface area (Å²) in [4.78, 5) is 0.691. The third-order valence-electron chi connectivity index (χ3n) is 2.66. The van der Waals surface area contributed by atoms with Crippen molar-refractivity contribution in [2.24, 2.45) is 0 Å². The zero-order valence-electron chi connectivity index (χ0n) is 8.82. The molecule has 5 heteroatoms. The lowest BCUT2D eigenvalue weighted by Gasteiger charge is -2.22. The highest BCUT2D eigenvalue weighted by Gasteiger charge is 2.22. The molecule has 0 amide bonds. The molecule has 0 aliphatic carbocycles. The van der Waals surface area contributed by atoms with Gasteiger partial charge >= 0.3 is 0 Å². The maximum absolute atomic E-state index is 12.3. The molecular formula is C11H14ClNO2S. The Balaban J connectivity index is 2.19. The number of hydrogen-bond donors (Lipinski definition) is 1. The first-order chi connectivity index (χ1) is 7.68. The lowest BCUT2D eigenvalue weighted by molar-refractivity contribution is 0.0992. The maximum Gasteiger partial charge on any atom is 0.0621 e. The topological polar surface area (TPSA) is 52.3 Å². The summed E-state index contributed by atoms with van der Waals surface area (Å²) in [5, 5.41) is 0.724. The molecule has 88 valence electrons. The molecule has 1 aromatic carbocycles. The van der Waals surface area contributed by atoms with Gasteiger partial charge in [0.1, 0.15) is 0 Å². The fourth-order valence-electron chi connectivity index (χ4n) is 1.77. The predicted molar refractivity (Wildman–Crippen MR) is 66.1 cm³/mol. The van der Waals surface area contributed by atoms with Crippen LogP contribution in [-0.2, 0) is 15.5 Å². The van der Waals surface area contributed by atoms with Gasteiger partial charge in [-0.25, -0.2) is 0 Å². The van der Waals surface area contributed by atoms with Crippen LogP contribution in [0.4, 0.5) is 5.69 Å². The molecule has 1 aliphatic heterocycles. The van der Waals surface area contributed by atoms with Gasteiger partial charge in [-0.05, 0) is 31.0 Å². The summed E-state index contributed by atoms with van der Waals surface area (Å²) in [6, 6.07) is 5.13. The van der Waals surface area contributed by atoms with Crippen molar-refractivity contribution in [3.8, 4) is 0 Å². The molecule has 0 radical (unpaired) electrons. The molecule has 1 saturated heterocycles. The first-order valence-corrected chi connectivity index (χ1v) is 6.81. The highest BCUT2D eigenvalue weighted by Crippen LogP contribution is 2.26. The van der Waals surface area contributed by atoms with Gasteiger partial charge < -0.3 is 10.5 Å². The van der Waals surface area contributed by atoms with Crippen LogP contribution in [0.15, 0.2) is 23.1 Å². The zero-order chi connectivity index (χ0) is 11.5. The second kappa shape index (κ2) is 5.17. The Morgan fingerprint density at radius 2 is 2.06 bits per heavy atom. The second-order valence-electron chi connectivity index (χ2n) is 3.79. The van der Waals surface area contributed by atoms with E-state index in [2.05, 4.69) is 0 Å². The molecule has 2 N–H and O–H groups in total. The van der Waals surface area contributed by atoms with Crippen LogP contribution >= 0.6 is 11.6 Å². The van der Waals surface area contributed by atoms with Crippen LogP contribution < -0.4 is 5.73 Å². The number of nitrogen functional groups attached to an aromatic ring is 1. The van der Waals surface area contributed by atoms with Gasteiger partial charge in [0, 0.05) is 29.2 Å². The number of benzene rings is 1. The van der Waals surface area contributed by atoms with Gasteiger partial charge in [0.15, 0.2) is 0 Å². The molecular weight excluding hydrogens is 246 g/mol. The third kappa shape index (κ3) is 2.56. The lowest BCUT2D eigenvalue weighted by atomic mass is 10.2. The van der Waals surface area contributed by atoms with Crippen molar-refractivity contribution >= 4 is 28.1 Å². The van der Waals surface area contributed by atoms with Crippen molar-refractivity contribution in [3.05, 3.63) is 23.2 Å². The lowest BCUT2D eigenvalue weighted by Crippen LogP contribution is -2.25. The van der Waals surface area contributed by atoms with Crippen molar-refractivity contribution in [3.63, 3.8) is 0 Å². The van der Waals surface area contributed by atoms with Gasteiger partial charge in [0.05, 0.1) is 15.7 Å². The molecule has 1 aromatic rings. The van der Waals surface area contributed by atoms with E-state index < -0.39 is 10.8 Å². The Kier molecular flexibility index (Phi) is 3.84.